The number of nitrogens with zero attached hydrogens (tertiary/aromatic N) is 1. The van der Waals surface area contributed by atoms with E-state index in [2.05, 4.69) is 25.6 Å². The van der Waals surface area contributed by atoms with Crippen molar-refractivity contribution in [3.63, 3.8) is 0 Å². The number of carbonyl (C=O) groups excluding carboxylic acids is 1. The van der Waals surface area contributed by atoms with E-state index in [9.17, 15) is 4.79 Å². The van der Waals surface area contributed by atoms with Crippen LogP contribution in [-0.2, 0) is 4.79 Å². The first kappa shape index (κ1) is 15.4. The second-order valence-corrected chi connectivity index (χ2v) is 5.80. The molecule has 0 N–H and O–H groups in total. The van der Waals surface area contributed by atoms with Crippen LogP contribution in [0.15, 0.2) is 12.7 Å². The van der Waals surface area contributed by atoms with E-state index in [1.165, 1.54) is 25.7 Å². The maximum absolute atomic E-state index is 12.5. The SMILES string of the molecule is C=CCCCCCC(=O)C1(N(C)C)CCCCC1. The van der Waals surface area contributed by atoms with Gasteiger partial charge in [-0.05, 0) is 46.2 Å². The van der Waals surface area contributed by atoms with E-state index in [1.807, 2.05) is 6.08 Å². The van der Waals surface area contributed by atoms with E-state index in [1.54, 1.807) is 0 Å². The Morgan fingerprint density at radius 1 is 1.17 bits per heavy atom. The summed E-state index contributed by atoms with van der Waals surface area (Å²) in [5.41, 5.74) is -0.142. The van der Waals surface area contributed by atoms with Gasteiger partial charge in [0.25, 0.3) is 0 Å². The molecule has 0 aromatic rings. The molecule has 0 aromatic heterocycles. The molecule has 0 radical (unpaired) electrons. The maximum Gasteiger partial charge on any atom is 0.153 e. The van der Waals surface area contributed by atoms with Gasteiger partial charge < -0.3 is 0 Å². The Hall–Kier alpha value is -0.630. The molecule has 0 aliphatic heterocycles. The van der Waals surface area contributed by atoms with E-state index < -0.39 is 0 Å². The Labute approximate surface area is 112 Å². The van der Waals surface area contributed by atoms with Crippen molar-refractivity contribution in [3.8, 4) is 0 Å². The number of carbonyl (C=O) groups is 1. The van der Waals surface area contributed by atoms with Crippen LogP contribution in [0.2, 0.25) is 0 Å². The molecule has 1 aliphatic rings. The first-order chi connectivity index (χ1) is 8.63. The minimum absolute atomic E-state index is 0.142. The summed E-state index contributed by atoms with van der Waals surface area (Å²) in [6.07, 6.45) is 13.0. The van der Waals surface area contributed by atoms with Gasteiger partial charge in [0.15, 0.2) is 5.78 Å². The van der Waals surface area contributed by atoms with E-state index in [-0.39, 0.29) is 5.54 Å². The predicted molar refractivity (Wildman–Crippen MR) is 77.8 cm³/mol. The van der Waals surface area contributed by atoms with Gasteiger partial charge in [-0.15, -0.1) is 6.58 Å². The Balaban J connectivity index is 2.42. The molecular formula is C16H29NO. The first-order valence-corrected chi connectivity index (χ1v) is 7.45. The largest absolute Gasteiger partial charge is 0.298 e. The fraction of sp³-hybridized carbons (Fsp3) is 0.812. The van der Waals surface area contributed by atoms with Crippen molar-refractivity contribution in [1.29, 1.82) is 0 Å². The van der Waals surface area contributed by atoms with Gasteiger partial charge in [-0.1, -0.05) is 31.8 Å². The van der Waals surface area contributed by atoms with E-state index in [4.69, 9.17) is 0 Å². The van der Waals surface area contributed by atoms with Crippen molar-refractivity contribution >= 4 is 5.78 Å². The highest BCUT2D eigenvalue weighted by molar-refractivity contribution is 5.88. The minimum Gasteiger partial charge on any atom is -0.298 e. The summed E-state index contributed by atoms with van der Waals surface area (Å²) >= 11 is 0. The van der Waals surface area contributed by atoms with Crippen LogP contribution in [0.25, 0.3) is 0 Å². The van der Waals surface area contributed by atoms with Gasteiger partial charge in [0, 0.05) is 6.42 Å². The zero-order valence-electron chi connectivity index (χ0n) is 12.2. The molecule has 0 atom stereocenters. The quantitative estimate of drug-likeness (QED) is 0.481. The van der Waals surface area contributed by atoms with Gasteiger partial charge in [0.2, 0.25) is 0 Å². The molecule has 1 aliphatic carbocycles. The number of Topliss-reactive ketones (excluding diaryl/α,β-unsaturated/α-hetero) is 1. The summed E-state index contributed by atoms with van der Waals surface area (Å²) in [6, 6.07) is 0. The van der Waals surface area contributed by atoms with Crippen LogP contribution in [0.4, 0.5) is 0 Å². The van der Waals surface area contributed by atoms with Gasteiger partial charge in [-0.25, -0.2) is 0 Å². The zero-order valence-corrected chi connectivity index (χ0v) is 12.2. The van der Waals surface area contributed by atoms with Crippen LogP contribution in [0.5, 0.6) is 0 Å². The average molecular weight is 251 g/mol. The highest BCUT2D eigenvalue weighted by atomic mass is 16.1. The molecule has 0 bridgehead atoms. The normalized spacial score (nSPS) is 18.8. The number of ketones is 1. The second-order valence-electron chi connectivity index (χ2n) is 5.80. The molecule has 1 saturated carbocycles. The lowest BCUT2D eigenvalue weighted by atomic mass is 9.76. The summed E-state index contributed by atoms with van der Waals surface area (Å²) in [6.45, 7) is 3.73. The van der Waals surface area contributed by atoms with Crippen molar-refractivity contribution in [2.75, 3.05) is 14.1 Å². The molecule has 0 unspecified atom stereocenters. The van der Waals surface area contributed by atoms with E-state index >= 15 is 0 Å². The predicted octanol–water partition coefficient (Wildman–Crippen LogP) is 3.96. The number of likely N-dealkylation sites (N-methyl/N-ethyl adjacent to an activating group) is 1. The zero-order chi connectivity index (χ0) is 13.4. The summed E-state index contributed by atoms with van der Waals surface area (Å²) in [5, 5.41) is 0. The van der Waals surface area contributed by atoms with E-state index in [0.29, 0.717) is 5.78 Å². The molecule has 18 heavy (non-hydrogen) atoms. The van der Waals surface area contributed by atoms with Gasteiger partial charge >= 0.3 is 0 Å². The lowest BCUT2D eigenvalue weighted by molar-refractivity contribution is -0.132. The van der Waals surface area contributed by atoms with Crippen molar-refractivity contribution in [2.24, 2.45) is 0 Å². The summed E-state index contributed by atoms with van der Waals surface area (Å²) in [4.78, 5) is 14.7. The smallest absolute Gasteiger partial charge is 0.153 e. The molecule has 2 heteroatoms. The van der Waals surface area contributed by atoms with Crippen LogP contribution in [0, 0.1) is 0 Å². The molecule has 1 rings (SSSR count). The number of unbranched alkanes of at least 4 members (excludes halogenated alkanes) is 3. The van der Waals surface area contributed by atoms with Crippen LogP contribution in [0.1, 0.15) is 64.2 Å². The van der Waals surface area contributed by atoms with E-state index in [0.717, 1.165) is 38.5 Å². The lowest BCUT2D eigenvalue weighted by Gasteiger charge is -2.41. The number of hydrogen-bond acceptors (Lipinski definition) is 2. The Bertz CT molecular complexity index is 264. The molecule has 0 amide bonds. The molecule has 0 spiro atoms. The Morgan fingerprint density at radius 2 is 1.83 bits per heavy atom. The third kappa shape index (κ3) is 3.94. The van der Waals surface area contributed by atoms with Crippen molar-refractivity contribution < 1.29 is 4.79 Å². The van der Waals surface area contributed by atoms with Gasteiger partial charge in [0.05, 0.1) is 5.54 Å². The number of hydrogen-bond donors (Lipinski definition) is 0. The third-order valence-electron chi connectivity index (χ3n) is 4.37. The molecule has 0 heterocycles. The highest BCUT2D eigenvalue weighted by Crippen LogP contribution is 2.34. The van der Waals surface area contributed by atoms with Crippen LogP contribution >= 0.6 is 0 Å². The number of allylic oxidation sites excluding steroid dienone is 1. The van der Waals surface area contributed by atoms with Crippen LogP contribution in [-0.4, -0.2) is 30.3 Å². The molecule has 0 saturated heterocycles. The molecule has 2 nitrogen and oxygen atoms in total. The Kier molecular flexibility index (Phi) is 6.62. The lowest BCUT2D eigenvalue weighted by Crippen LogP contribution is -2.52. The summed E-state index contributed by atoms with van der Waals surface area (Å²) < 4.78 is 0. The van der Waals surface area contributed by atoms with Crippen molar-refractivity contribution in [2.45, 2.75) is 69.7 Å². The number of rotatable bonds is 8. The topological polar surface area (TPSA) is 20.3 Å². The van der Waals surface area contributed by atoms with Gasteiger partial charge in [-0.2, -0.15) is 0 Å². The molecule has 104 valence electrons. The summed E-state index contributed by atoms with van der Waals surface area (Å²) in [5.74, 6) is 0.478. The molecule has 1 fully saturated rings. The average Bonchev–Trinajstić information content (AvgIpc) is 2.39. The molecular weight excluding hydrogens is 222 g/mol. The van der Waals surface area contributed by atoms with Crippen LogP contribution < -0.4 is 0 Å². The maximum atomic E-state index is 12.5. The third-order valence-corrected chi connectivity index (χ3v) is 4.37. The van der Waals surface area contributed by atoms with Crippen molar-refractivity contribution in [3.05, 3.63) is 12.7 Å². The van der Waals surface area contributed by atoms with Crippen molar-refractivity contribution in [1.82, 2.24) is 4.90 Å². The minimum atomic E-state index is -0.142. The first-order valence-electron chi connectivity index (χ1n) is 7.45. The Morgan fingerprint density at radius 3 is 2.39 bits per heavy atom. The van der Waals surface area contributed by atoms with Gasteiger partial charge in [0.1, 0.15) is 0 Å². The fourth-order valence-corrected chi connectivity index (χ4v) is 3.10. The fourth-order valence-electron chi connectivity index (χ4n) is 3.10. The summed E-state index contributed by atoms with van der Waals surface area (Å²) in [7, 11) is 4.14. The van der Waals surface area contributed by atoms with Crippen LogP contribution in [0.3, 0.4) is 0 Å². The van der Waals surface area contributed by atoms with Gasteiger partial charge in [-0.3, -0.25) is 9.69 Å². The monoisotopic (exact) mass is 251 g/mol. The standard InChI is InChI=1S/C16H29NO/c1-4-5-6-7-9-12-15(18)16(17(2)3)13-10-8-11-14-16/h4H,1,5-14H2,2-3H3. The highest BCUT2D eigenvalue weighted by Gasteiger charge is 2.40. The molecule has 0 aromatic carbocycles. The second kappa shape index (κ2) is 7.73.